The monoisotopic (exact) mass is 207 g/mol. The van der Waals surface area contributed by atoms with Gasteiger partial charge in [-0.1, -0.05) is 0 Å². The maximum absolute atomic E-state index is 10.6. The van der Waals surface area contributed by atoms with Crippen LogP contribution in [0.3, 0.4) is 0 Å². The molecular weight excluding hydrogens is 198 g/mol. The molecule has 0 aliphatic heterocycles. The molecule has 0 atom stereocenters. The van der Waals surface area contributed by atoms with Crippen molar-refractivity contribution in [1.29, 1.82) is 0 Å². The summed E-state index contributed by atoms with van der Waals surface area (Å²) in [5.41, 5.74) is 6.20. The van der Waals surface area contributed by atoms with Crippen molar-refractivity contribution in [3.63, 3.8) is 0 Å². The van der Waals surface area contributed by atoms with Crippen LogP contribution in [0.1, 0.15) is 15.9 Å². The first-order chi connectivity index (χ1) is 6.99. The summed E-state index contributed by atoms with van der Waals surface area (Å²) < 4.78 is 0. The van der Waals surface area contributed by atoms with Crippen molar-refractivity contribution in [1.82, 2.24) is 0 Å². The third-order valence-corrected chi connectivity index (χ3v) is 1.64. The van der Waals surface area contributed by atoms with Gasteiger partial charge in [-0.05, 0) is 29.8 Å². The Balaban J connectivity index is 3.09. The second-order valence-electron chi connectivity index (χ2n) is 2.87. The van der Waals surface area contributed by atoms with Gasteiger partial charge in [0.05, 0.1) is 5.56 Å². The summed E-state index contributed by atoms with van der Waals surface area (Å²) in [5.74, 6) is -2.21. The van der Waals surface area contributed by atoms with Gasteiger partial charge >= 0.3 is 11.9 Å². The van der Waals surface area contributed by atoms with Crippen LogP contribution in [-0.2, 0) is 4.79 Å². The van der Waals surface area contributed by atoms with Crippen LogP contribution in [0.5, 0.6) is 0 Å². The largest absolute Gasteiger partial charge is 0.478 e. The van der Waals surface area contributed by atoms with Gasteiger partial charge in [-0.3, -0.25) is 0 Å². The molecule has 15 heavy (non-hydrogen) atoms. The summed E-state index contributed by atoms with van der Waals surface area (Å²) in [6.45, 7) is 0. The summed E-state index contributed by atoms with van der Waals surface area (Å²) in [5, 5.41) is 17.1. The minimum absolute atomic E-state index is 0.0278. The zero-order chi connectivity index (χ0) is 11.4. The van der Waals surface area contributed by atoms with E-state index in [1.165, 1.54) is 24.3 Å². The van der Waals surface area contributed by atoms with Crippen LogP contribution in [0.15, 0.2) is 24.3 Å². The molecule has 0 amide bonds. The second kappa shape index (κ2) is 4.28. The third kappa shape index (κ3) is 3.15. The molecule has 0 aliphatic rings. The molecular formula is C10H9NO4. The lowest BCUT2D eigenvalue weighted by molar-refractivity contribution is -0.131. The predicted molar refractivity (Wildman–Crippen MR) is 54.5 cm³/mol. The Morgan fingerprint density at radius 1 is 1.20 bits per heavy atom. The molecule has 78 valence electrons. The first-order valence-corrected chi connectivity index (χ1v) is 4.04. The molecule has 0 bridgehead atoms. The van der Waals surface area contributed by atoms with Gasteiger partial charge in [-0.2, -0.15) is 0 Å². The average molecular weight is 207 g/mol. The van der Waals surface area contributed by atoms with Crippen LogP contribution >= 0.6 is 0 Å². The molecule has 5 nitrogen and oxygen atoms in total. The second-order valence-corrected chi connectivity index (χ2v) is 2.87. The molecule has 4 N–H and O–H groups in total. The fourth-order valence-corrected chi connectivity index (χ4v) is 1.06. The van der Waals surface area contributed by atoms with Crippen molar-refractivity contribution < 1.29 is 19.8 Å². The first kappa shape index (κ1) is 10.8. The Morgan fingerprint density at radius 2 is 1.87 bits per heavy atom. The number of carboxylic acid groups (broad SMARTS) is 2. The molecule has 0 spiro atoms. The minimum Gasteiger partial charge on any atom is -0.478 e. The number of carboxylic acids is 2. The molecule has 0 fully saturated rings. The van der Waals surface area contributed by atoms with E-state index in [1.54, 1.807) is 0 Å². The number of benzene rings is 1. The zero-order valence-electron chi connectivity index (χ0n) is 7.68. The van der Waals surface area contributed by atoms with E-state index < -0.39 is 11.9 Å². The Labute approximate surface area is 85.5 Å². The summed E-state index contributed by atoms with van der Waals surface area (Å²) in [4.78, 5) is 20.9. The van der Waals surface area contributed by atoms with Gasteiger partial charge in [-0.25, -0.2) is 9.59 Å². The van der Waals surface area contributed by atoms with Crippen molar-refractivity contribution in [2.45, 2.75) is 0 Å². The van der Waals surface area contributed by atoms with Crippen LogP contribution in [0.4, 0.5) is 5.69 Å². The van der Waals surface area contributed by atoms with Gasteiger partial charge in [0.15, 0.2) is 0 Å². The van der Waals surface area contributed by atoms with E-state index in [9.17, 15) is 9.59 Å². The SMILES string of the molecule is Nc1cc(C=CC(=O)O)cc(C(=O)O)c1. The fraction of sp³-hybridized carbons (Fsp3) is 0. The summed E-state index contributed by atoms with van der Waals surface area (Å²) in [6.07, 6.45) is 2.20. The van der Waals surface area contributed by atoms with E-state index in [0.29, 0.717) is 5.56 Å². The van der Waals surface area contributed by atoms with Crippen molar-refractivity contribution in [3.8, 4) is 0 Å². The number of rotatable bonds is 3. The van der Waals surface area contributed by atoms with Crippen LogP contribution < -0.4 is 5.73 Å². The number of hydrogen-bond donors (Lipinski definition) is 3. The van der Waals surface area contributed by atoms with E-state index in [2.05, 4.69) is 0 Å². The smallest absolute Gasteiger partial charge is 0.335 e. The average Bonchev–Trinajstić information content (AvgIpc) is 2.13. The van der Waals surface area contributed by atoms with E-state index in [-0.39, 0.29) is 11.3 Å². The Bertz CT molecular complexity index is 437. The highest BCUT2D eigenvalue weighted by Gasteiger charge is 2.04. The zero-order valence-corrected chi connectivity index (χ0v) is 7.68. The first-order valence-electron chi connectivity index (χ1n) is 4.04. The van der Waals surface area contributed by atoms with Crippen molar-refractivity contribution in [3.05, 3.63) is 35.4 Å². The van der Waals surface area contributed by atoms with Gasteiger partial charge in [0.2, 0.25) is 0 Å². The Morgan fingerprint density at radius 3 is 2.40 bits per heavy atom. The molecule has 0 saturated heterocycles. The molecule has 0 heterocycles. The number of aliphatic carboxylic acids is 1. The van der Waals surface area contributed by atoms with Crippen LogP contribution in [-0.4, -0.2) is 22.2 Å². The highest BCUT2D eigenvalue weighted by Crippen LogP contribution is 2.13. The number of hydrogen-bond acceptors (Lipinski definition) is 3. The Kier molecular flexibility index (Phi) is 3.07. The molecule has 0 saturated carbocycles. The van der Waals surface area contributed by atoms with E-state index in [4.69, 9.17) is 15.9 Å². The molecule has 0 radical (unpaired) electrons. The third-order valence-electron chi connectivity index (χ3n) is 1.64. The van der Waals surface area contributed by atoms with Crippen LogP contribution in [0.25, 0.3) is 6.08 Å². The van der Waals surface area contributed by atoms with Crippen molar-refractivity contribution >= 4 is 23.7 Å². The molecule has 1 aromatic rings. The van der Waals surface area contributed by atoms with Gasteiger partial charge in [-0.15, -0.1) is 0 Å². The molecule has 1 rings (SSSR count). The van der Waals surface area contributed by atoms with Gasteiger partial charge in [0, 0.05) is 11.8 Å². The van der Waals surface area contributed by atoms with E-state index in [1.807, 2.05) is 0 Å². The molecule has 0 aromatic heterocycles. The summed E-state index contributed by atoms with van der Waals surface area (Å²) in [6, 6.07) is 4.14. The standard InChI is InChI=1S/C10H9NO4/c11-8-4-6(1-2-9(12)13)3-7(5-8)10(14)15/h1-5H,11H2,(H,12,13)(H,14,15). The molecule has 0 unspecified atom stereocenters. The highest BCUT2D eigenvalue weighted by molar-refractivity contribution is 5.91. The quantitative estimate of drug-likeness (QED) is 0.508. The number of carbonyl (C=O) groups is 2. The minimum atomic E-state index is -1.10. The van der Waals surface area contributed by atoms with Gasteiger partial charge < -0.3 is 15.9 Å². The molecule has 0 aliphatic carbocycles. The number of nitrogen functional groups attached to an aromatic ring is 1. The van der Waals surface area contributed by atoms with Crippen LogP contribution in [0.2, 0.25) is 0 Å². The predicted octanol–water partition coefficient (Wildman–Crippen LogP) is 1.06. The Hall–Kier alpha value is -2.30. The molecule has 1 aromatic carbocycles. The van der Waals surface area contributed by atoms with E-state index in [0.717, 1.165) is 6.08 Å². The van der Waals surface area contributed by atoms with E-state index >= 15 is 0 Å². The topological polar surface area (TPSA) is 101 Å². The normalized spacial score (nSPS) is 10.4. The summed E-state index contributed by atoms with van der Waals surface area (Å²) >= 11 is 0. The number of aromatic carboxylic acids is 1. The number of anilines is 1. The lowest BCUT2D eigenvalue weighted by atomic mass is 10.1. The maximum Gasteiger partial charge on any atom is 0.335 e. The lowest BCUT2D eigenvalue weighted by Crippen LogP contribution is -1.98. The maximum atomic E-state index is 10.6. The highest BCUT2D eigenvalue weighted by atomic mass is 16.4. The molecule has 5 heteroatoms. The lowest BCUT2D eigenvalue weighted by Gasteiger charge is -2.00. The summed E-state index contributed by atoms with van der Waals surface area (Å²) in [7, 11) is 0. The van der Waals surface area contributed by atoms with Crippen molar-refractivity contribution in [2.75, 3.05) is 5.73 Å². The van der Waals surface area contributed by atoms with Crippen LogP contribution in [0, 0.1) is 0 Å². The van der Waals surface area contributed by atoms with Gasteiger partial charge in [0.1, 0.15) is 0 Å². The fourth-order valence-electron chi connectivity index (χ4n) is 1.06. The van der Waals surface area contributed by atoms with Gasteiger partial charge in [0.25, 0.3) is 0 Å². The number of nitrogens with two attached hydrogens (primary N) is 1. The van der Waals surface area contributed by atoms with Crippen molar-refractivity contribution in [2.24, 2.45) is 0 Å².